The van der Waals surface area contributed by atoms with Crippen molar-refractivity contribution in [2.24, 2.45) is 0 Å². The molecule has 1 amide bonds. The van der Waals surface area contributed by atoms with Crippen LogP contribution >= 0.6 is 0 Å². The molecule has 4 heteroatoms. The van der Waals surface area contributed by atoms with Gasteiger partial charge in [-0.1, -0.05) is 31.2 Å². The van der Waals surface area contributed by atoms with Crippen molar-refractivity contribution in [3.8, 4) is 5.75 Å². The van der Waals surface area contributed by atoms with Crippen molar-refractivity contribution in [1.29, 1.82) is 0 Å². The number of hydrogen-bond donors (Lipinski definition) is 3. The lowest BCUT2D eigenvalue weighted by molar-refractivity contribution is 0.0939. The Morgan fingerprint density at radius 1 is 1.25 bits per heavy atom. The van der Waals surface area contributed by atoms with Crippen LogP contribution in [0, 0.1) is 0 Å². The zero-order valence-electron chi connectivity index (χ0n) is 11.5. The number of aliphatic hydroxyl groups excluding tert-OH is 1. The molecule has 0 bridgehead atoms. The van der Waals surface area contributed by atoms with Gasteiger partial charge in [0.05, 0.1) is 11.7 Å². The molecule has 0 fully saturated rings. The van der Waals surface area contributed by atoms with E-state index < -0.39 is 6.10 Å². The van der Waals surface area contributed by atoms with E-state index in [1.807, 2.05) is 31.2 Å². The molecule has 2 aromatic carbocycles. The lowest BCUT2D eigenvalue weighted by atomic mass is 10.1. The summed E-state index contributed by atoms with van der Waals surface area (Å²) in [4.78, 5) is 12.0. The minimum absolute atomic E-state index is 0.0303. The van der Waals surface area contributed by atoms with Crippen molar-refractivity contribution in [3.63, 3.8) is 0 Å². The minimum atomic E-state index is -0.402. The highest BCUT2D eigenvalue weighted by Crippen LogP contribution is 2.24. The molecule has 0 aliphatic heterocycles. The van der Waals surface area contributed by atoms with Gasteiger partial charge in [-0.15, -0.1) is 0 Å². The number of aliphatic hydroxyl groups is 1. The van der Waals surface area contributed by atoms with E-state index in [4.69, 9.17) is 0 Å². The second-order valence-corrected chi connectivity index (χ2v) is 4.82. The van der Waals surface area contributed by atoms with Crippen molar-refractivity contribution in [2.75, 3.05) is 6.54 Å². The summed E-state index contributed by atoms with van der Waals surface area (Å²) in [6.45, 7) is 2.28. The number of rotatable bonds is 5. The van der Waals surface area contributed by atoms with Crippen LogP contribution in [0.25, 0.3) is 10.8 Å². The quantitative estimate of drug-likeness (QED) is 0.783. The number of carbonyl (C=O) groups excluding carboxylic acids is 1. The van der Waals surface area contributed by atoms with Gasteiger partial charge in [0.15, 0.2) is 0 Å². The molecule has 0 aliphatic carbocycles. The molecule has 3 N–H and O–H groups in total. The third kappa shape index (κ3) is 3.27. The van der Waals surface area contributed by atoms with E-state index >= 15 is 0 Å². The van der Waals surface area contributed by atoms with Crippen LogP contribution in [-0.4, -0.2) is 28.8 Å². The topological polar surface area (TPSA) is 69.6 Å². The predicted octanol–water partition coefficient (Wildman–Crippen LogP) is 2.44. The number of nitrogens with one attached hydrogen (secondary N) is 1. The van der Waals surface area contributed by atoms with Crippen molar-refractivity contribution in [3.05, 3.63) is 42.0 Å². The summed E-state index contributed by atoms with van der Waals surface area (Å²) in [6.07, 6.45) is 0.772. The molecule has 0 radical (unpaired) electrons. The smallest absolute Gasteiger partial charge is 0.255 e. The monoisotopic (exact) mass is 273 g/mol. The number of amides is 1. The average Bonchev–Trinajstić information content (AvgIpc) is 2.46. The zero-order chi connectivity index (χ0) is 14.5. The van der Waals surface area contributed by atoms with Crippen LogP contribution < -0.4 is 5.32 Å². The molecule has 1 unspecified atom stereocenters. The van der Waals surface area contributed by atoms with Crippen LogP contribution in [0.4, 0.5) is 0 Å². The number of hydrogen-bond acceptors (Lipinski definition) is 3. The molecule has 0 heterocycles. The fourth-order valence-corrected chi connectivity index (χ4v) is 2.06. The van der Waals surface area contributed by atoms with E-state index in [2.05, 4.69) is 5.32 Å². The van der Waals surface area contributed by atoms with Gasteiger partial charge in [0.25, 0.3) is 5.91 Å². The van der Waals surface area contributed by atoms with Crippen molar-refractivity contribution in [2.45, 2.75) is 25.9 Å². The highest BCUT2D eigenvalue weighted by Gasteiger charge is 2.12. The van der Waals surface area contributed by atoms with E-state index in [-0.39, 0.29) is 17.2 Å². The number of aromatic hydroxyl groups is 1. The van der Waals surface area contributed by atoms with Gasteiger partial charge in [0.2, 0.25) is 0 Å². The Balaban J connectivity index is 2.11. The van der Waals surface area contributed by atoms with Crippen molar-refractivity contribution < 1.29 is 15.0 Å². The fourth-order valence-electron chi connectivity index (χ4n) is 2.06. The van der Waals surface area contributed by atoms with Crippen LogP contribution in [0.2, 0.25) is 0 Å². The molecule has 4 nitrogen and oxygen atoms in total. The molecular formula is C16H19NO3. The Hall–Kier alpha value is -2.07. The Kier molecular flexibility index (Phi) is 4.58. The van der Waals surface area contributed by atoms with E-state index in [1.165, 1.54) is 0 Å². The van der Waals surface area contributed by atoms with Crippen LogP contribution in [0.15, 0.2) is 36.4 Å². The third-order valence-electron chi connectivity index (χ3n) is 3.34. The van der Waals surface area contributed by atoms with Gasteiger partial charge in [-0.25, -0.2) is 0 Å². The molecule has 1 atom stereocenters. The molecular weight excluding hydrogens is 254 g/mol. The van der Waals surface area contributed by atoms with Crippen molar-refractivity contribution >= 4 is 16.7 Å². The van der Waals surface area contributed by atoms with E-state index in [9.17, 15) is 15.0 Å². The average molecular weight is 273 g/mol. The zero-order valence-corrected chi connectivity index (χ0v) is 11.5. The standard InChI is InChI=1S/C16H19NO3/c1-2-13(18)7-8-17-16(20)14-9-11-5-3-4-6-12(11)10-15(14)19/h3-6,9-10,13,18-19H,2,7-8H2,1H3,(H,17,20). The summed E-state index contributed by atoms with van der Waals surface area (Å²) in [5, 5.41) is 23.9. The third-order valence-corrected chi connectivity index (χ3v) is 3.34. The largest absolute Gasteiger partial charge is 0.507 e. The van der Waals surface area contributed by atoms with Gasteiger partial charge in [0.1, 0.15) is 5.75 Å². The first-order valence-electron chi connectivity index (χ1n) is 6.80. The van der Waals surface area contributed by atoms with Crippen molar-refractivity contribution in [1.82, 2.24) is 5.32 Å². The summed E-state index contributed by atoms with van der Waals surface area (Å²) in [6, 6.07) is 10.8. The second-order valence-electron chi connectivity index (χ2n) is 4.82. The maximum Gasteiger partial charge on any atom is 0.255 e. The minimum Gasteiger partial charge on any atom is -0.507 e. The molecule has 106 valence electrons. The summed E-state index contributed by atoms with van der Waals surface area (Å²) < 4.78 is 0. The Bertz CT molecular complexity index is 610. The summed E-state index contributed by atoms with van der Waals surface area (Å²) in [5.74, 6) is -0.353. The lowest BCUT2D eigenvalue weighted by Crippen LogP contribution is -2.27. The molecule has 0 aromatic heterocycles. The number of fused-ring (bicyclic) bond motifs is 1. The summed E-state index contributed by atoms with van der Waals surface area (Å²) in [7, 11) is 0. The number of phenolic OH excluding ortho intramolecular Hbond substituents is 1. The number of benzene rings is 2. The number of phenols is 1. The van der Waals surface area contributed by atoms with Crippen LogP contribution in [-0.2, 0) is 0 Å². The van der Waals surface area contributed by atoms with Crippen LogP contribution in [0.5, 0.6) is 5.75 Å². The Morgan fingerprint density at radius 3 is 2.55 bits per heavy atom. The molecule has 2 rings (SSSR count). The summed E-state index contributed by atoms with van der Waals surface area (Å²) in [5.41, 5.74) is 0.259. The van der Waals surface area contributed by atoms with E-state index in [0.717, 1.165) is 10.8 Å². The molecule has 0 aliphatic rings. The SMILES string of the molecule is CCC(O)CCNC(=O)c1cc2ccccc2cc1O. The first kappa shape index (κ1) is 14.3. The summed E-state index contributed by atoms with van der Waals surface area (Å²) >= 11 is 0. The fraction of sp³-hybridized carbons (Fsp3) is 0.312. The van der Waals surface area contributed by atoms with Crippen LogP contribution in [0.1, 0.15) is 30.1 Å². The maximum atomic E-state index is 12.0. The first-order valence-corrected chi connectivity index (χ1v) is 6.80. The van der Waals surface area contributed by atoms with Gasteiger partial charge in [0, 0.05) is 6.54 Å². The second kappa shape index (κ2) is 6.39. The molecule has 20 heavy (non-hydrogen) atoms. The highest BCUT2D eigenvalue weighted by molar-refractivity contribution is 6.01. The number of carbonyl (C=O) groups is 1. The van der Waals surface area contributed by atoms with Crippen LogP contribution in [0.3, 0.4) is 0 Å². The molecule has 0 saturated carbocycles. The van der Waals surface area contributed by atoms with Gasteiger partial charge < -0.3 is 15.5 Å². The molecule has 2 aromatic rings. The first-order chi connectivity index (χ1) is 9.61. The highest BCUT2D eigenvalue weighted by atomic mass is 16.3. The van der Waals surface area contributed by atoms with Gasteiger partial charge in [-0.05, 0) is 35.7 Å². The normalized spacial score (nSPS) is 12.3. The van der Waals surface area contributed by atoms with Gasteiger partial charge >= 0.3 is 0 Å². The Morgan fingerprint density at radius 2 is 1.90 bits per heavy atom. The molecule has 0 saturated heterocycles. The molecule has 0 spiro atoms. The lowest BCUT2D eigenvalue weighted by Gasteiger charge is -2.10. The Labute approximate surface area is 118 Å². The van der Waals surface area contributed by atoms with Gasteiger partial charge in [-0.3, -0.25) is 4.79 Å². The van der Waals surface area contributed by atoms with E-state index in [0.29, 0.717) is 19.4 Å². The van der Waals surface area contributed by atoms with E-state index in [1.54, 1.807) is 12.1 Å². The maximum absolute atomic E-state index is 12.0. The predicted molar refractivity (Wildman–Crippen MR) is 78.9 cm³/mol. The van der Waals surface area contributed by atoms with Gasteiger partial charge in [-0.2, -0.15) is 0 Å².